The van der Waals surface area contributed by atoms with Crippen LogP contribution in [0.4, 0.5) is 26.1 Å². The molecule has 3 aliphatic rings. The van der Waals surface area contributed by atoms with Crippen molar-refractivity contribution in [2.24, 2.45) is 0 Å². The normalized spacial score (nSPS) is 17.6. The lowest BCUT2D eigenvalue weighted by molar-refractivity contribution is -0.145. The second-order valence-electron chi connectivity index (χ2n) is 16.3. The number of piperazine rings is 1. The number of likely N-dealkylation sites (tertiary alicyclic amines) is 1. The van der Waals surface area contributed by atoms with E-state index in [0.29, 0.717) is 53.2 Å². The Kier molecular flexibility index (Phi) is 13.4. The third-order valence-corrected chi connectivity index (χ3v) is 13.6. The number of anilines is 3. The molecule has 0 spiro atoms. The number of benzene rings is 2. The van der Waals surface area contributed by atoms with Gasteiger partial charge in [0, 0.05) is 93.2 Å². The van der Waals surface area contributed by atoms with E-state index in [4.69, 9.17) is 4.74 Å². The smallest absolute Gasteiger partial charge is 0.320 e. The molecule has 0 bridgehead atoms. The van der Waals surface area contributed by atoms with Crippen LogP contribution in [0, 0.1) is 18.6 Å². The van der Waals surface area contributed by atoms with Crippen molar-refractivity contribution in [1.82, 2.24) is 39.8 Å². The van der Waals surface area contributed by atoms with Crippen LogP contribution in [-0.4, -0.2) is 133 Å². The molecule has 342 valence electrons. The van der Waals surface area contributed by atoms with Crippen molar-refractivity contribution in [2.45, 2.75) is 44.6 Å². The zero-order chi connectivity index (χ0) is 45.8. The minimum atomic E-state index is -4.47. The number of H-pyrrole nitrogens is 1. The van der Waals surface area contributed by atoms with E-state index in [1.807, 2.05) is 29.2 Å². The van der Waals surface area contributed by atoms with Crippen LogP contribution in [0.15, 0.2) is 61.2 Å². The highest BCUT2D eigenvalue weighted by molar-refractivity contribution is 7.90. The Hall–Kier alpha value is -6.42. The Morgan fingerprint density at radius 1 is 0.954 bits per heavy atom. The van der Waals surface area contributed by atoms with Gasteiger partial charge in [0.1, 0.15) is 24.1 Å². The number of carbonyl (C=O) groups excluding carboxylic acids is 4. The number of ketones is 1. The number of likely N-dealkylation sites (N-methyl/N-ethyl adjacent to an activating group) is 1. The number of aromatic nitrogens is 4. The van der Waals surface area contributed by atoms with E-state index in [-0.39, 0.29) is 49.4 Å². The molecule has 0 aliphatic carbocycles. The first-order valence-corrected chi connectivity index (χ1v) is 22.8. The van der Waals surface area contributed by atoms with Crippen molar-refractivity contribution in [3.05, 3.63) is 95.1 Å². The molecule has 21 heteroatoms. The molecule has 0 saturated carbocycles. The Morgan fingerprint density at radius 2 is 1.68 bits per heavy atom. The zero-order valence-electron chi connectivity index (χ0n) is 35.8. The summed E-state index contributed by atoms with van der Waals surface area (Å²) in [4.78, 5) is 70.6. The topological polar surface area (TPSA) is 224 Å². The summed E-state index contributed by atoms with van der Waals surface area (Å²) in [6, 6.07) is 9.07. The summed E-state index contributed by atoms with van der Waals surface area (Å²) in [5, 5.41) is 9.13. The summed E-state index contributed by atoms with van der Waals surface area (Å²) in [6.45, 7) is 5.65. The van der Waals surface area contributed by atoms with Gasteiger partial charge in [0.25, 0.3) is 0 Å². The molecule has 3 aliphatic heterocycles. The molecule has 2 amide bonds. The molecule has 5 N–H and O–H groups in total. The highest BCUT2D eigenvalue weighted by atomic mass is 32.2. The minimum Gasteiger partial charge on any atom is -0.463 e. The number of esters is 1. The molecular weight excluding hydrogens is 865 g/mol. The zero-order valence-corrected chi connectivity index (χ0v) is 36.6. The maximum absolute atomic E-state index is 16.1. The lowest BCUT2D eigenvalue weighted by Gasteiger charge is -2.31. The number of halogens is 2. The monoisotopic (exact) mass is 913 g/mol. The van der Waals surface area contributed by atoms with Crippen LogP contribution in [0.1, 0.15) is 58.6 Å². The molecule has 2 aromatic carbocycles. The molecule has 3 fully saturated rings. The molecule has 3 saturated heterocycles. The number of pyridine rings is 1. The van der Waals surface area contributed by atoms with E-state index in [1.165, 1.54) is 13.2 Å². The van der Waals surface area contributed by atoms with E-state index >= 15 is 8.78 Å². The highest BCUT2D eigenvalue weighted by Crippen LogP contribution is 2.34. The van der Waals surface area contributed by atoms with E-state index in [2.05, 4.69) is 45.5 Å². The lowest BCUT2D eigenvalue weighted by atomic mass is 9.89. The largest absolute Gasteiger partial charge is 0.463 e. The first-order valence-electron chi connectivity index (χ1n) is 21.4. The Bertz CT molecular complexity index is 2710. The van der Waals surface area contributed by atoms with Gasteiger partial charge in [-0.05, 0) is 80.6 Å². The minimum absolute atomic E-state index is 0.0137. The van der Waals surface area contributed by atoms with E-state index in [1.54, 1.807) is 25.5 Å². The third kappa shape index (κ3) is 10.1. The fourth-order valence-electron chi connectivity index (χ4n) is 8.35. The summed E-state index contributed by atoms with van der Waals surface area (Å²) < 4.78 is 66.2. The number of aryl methyl sites for hydroxylation is 1. The molecule has 5 aromatic rings. The number of hydrogen-bond donors (Lipinski definition) is 5. The number of piperidine rings is 2. The summed E-state index contributed by atoms with van der Waals surface area (Å²) in [5.74, 6) is -3.91. The fourth-order valence-corrected chi connectivity index (χ4v) is 9.26. The number of nitrogens with one attached hydrogen (secondary N) is 5. The Morgan fingerprint density at radius 3 is 2.38 bits per heavy atom. The molecule has 3 aromatic heterocycles. The number of imide groups is 1. The van der Waals surface area contributed by atoms with Crippen molar-refractivity contribution in [3.63, 3.8) is 0 Å². The molecule has 6 heterocycles. The number of fused-ring (bicyclic) bond motifs is 1. The van der Waals surface area contributed by atoms with Crippen molar-refractivity contribution in [2.75, 3.05) is 81.0 Å². The average molecular weight is 914 g/mol. The maximum Gasteiger partial charge on any atom is 0.320 e. The molecule has 0 radical (unpaired) electrons. The van der Waals surface area contributed by atoms with E-state index in [9.17, 15) is 27.6 Å². The number of ether oxygens (including phenoxy) is 1. The van der Waals surface area contributed by atoms with Gasteiger partial charge in [-0.2, -0.15) is 12.7 Å². The summed E-state index contributed by atoms with van der Waals surface area (Å²) in [5.41, 5.74) is 2.37. The summed E-state index contributed by atoms with van der Waals surface area (Å²) in [6.07, 6.45) is 8.55. The van der Waals surface area contributed by atoms with E-state index < -0.39 is 50.9 Å². The number of rotatable bonds is 15. The Labute approximate surface area is 373 Å². The molecule has 8 rings (SSSR count). The van der Waals surface area contributed by atoms with Gasteiger partial charge in [-0.3, -0.25) is 34.1 Å². The predicted octanol–water partition coefficient (Wildman–Crippen LogP) is 3.48. The van der Waals surface area contributed by atoms with Crippen LogP contribution in [0.3, 0.4) is 0 Å². The average Bonchev–Trinajstić information content (AvgIpc) is 3.75. The Balaban J connectivity index is 0.833. The van der Waals surface area contributed by atoms with Gasteiger partial charge >= 0.3 is 16.2 Å². The summed E-state index contributed by atoms with van der Waals surface area (Å²) >= 11 is 0. The molecule has 18 nitrogen and oxygen atoms in total. The van der Waals surface area contributed by atoms with E-state index in [0.717, 1.165) is 66.7 Å². The van der Waals surface area contributed by atoms with Gasteiger partial charge in [-0.15, -0.1) is 0 Å². The quantitative estimate of drug-likeness (QED) is 0.0577. The summed E-state index contributed by atoms with van der Waals surface area (Å²) in [7, 11) is -3.26. The number of nitrogens with zero attached hydrogens (tertiary/aromatic N) is 6. The van der Waals surface area contributed by atoms with Gasteiger partial charge in [-0.1, -0.05) is 12.1 Å². The highest BCUT2D eigenvalue weighted by Gasteiger charge is 2.30. The molecule has 1 atom stereocenters. The van der Waals surface area contributed by atoms with Crippen molar-refractivity contribution < 1.29 is 41.1 Å². The SMILES string of the molecule is Cc1c(-c2cnc(N3CCNCC3)nc2)cnc2[nH]cc(C(=O)c3c(F)ccc(NS(=O)(=O)N(C)CCOC(=O)CN4CCC(c5ccc(NC6CCC(=O)NC6=O)cc5)CC4)c3F)c12. The van der Waals surface area contributed by atoms with Crippen molar-refractivity contribution in [3.8, 4) is 11.1 Å². The van der Waals surface area contributed by atoms with Gasteiger partial charge in [0.05, 0.1) is 23.4 Å². The van der Waals surface area contributed by atoms with Gasteiger partial charge in [0.15, 0.2) is 5.82 Å². The van der Waals surface area contributed by atoms with Crippen molar-refractivity contribution in [1.29, 1.82) is 0 Å². The number of hydrogen-bond acceptors (Lipinski definition) is 14. The number of carbonyl (C=O) groups is 4. The van der Waals surface area contributed by atoms with Crippen LogP contribution in [0.5, 0.6) is 0 Å². The lowest BCUT2D eigenvalue weighted by Crippen LogP contribution is -2.47. The van der Waals surface area contributed by atoms with Crippen LogP contribution in [0.25, 0.3) is 22.2 Å². The van der Waals surface area contributed by atoms with Crippen LogP contribution in [-0.2, 0) is 29.3 Å². The molecule has 1 unspecified atom stereocenters. The number of amides is 2. The molecule has 65 heavy (non-hydrogen) atoms. The van der Waals surface area contributed by atoms with Crippen LogP contribution >= 0.6 is 0 Å². The first-order chi connectivity index (χ1) is 31.3. The first kappa shape index (κ1) is 45.2. The third-order valence-electron chi connectivity index (χ3n) is 12.1. The van der Waals surface area contributed by atoms with Crippen LogP contribution < -0.4 is 25.6 Å². The maximum atomic E-state index is 16.1. The fraction of sp³-hybridized carbons (Fsp3) is 0.386. The standard InChI is InChI=1S/C44H49F2N11O7S/c1-26-31(29-21-50-44(51-22-29)57-17-13-47-14-18-57)23-48-42-38(26)32(24-49-42)41(60)39-33(45)7-8-34(40(39)46)54-65(62,63)55(2)19-20-64-37(59)25-56-15-11-28(12-16-56)27-3-5-30(6-4-27)52-35-9-10-36(58)53-43(35)61/h3-8,21-24,28,35,47,52,54H,9-20,25H2,1-2H3,(H,48,49)(H,53,58,61). The van der Waals surface area contributed by atoms with Crippen molar-refractivity contribution >= 4 is 62.1 Å². The molecular formula is C44H49F2N11O7S. The second-order valence-corrected chi connectivity index (χ2v) is 18.1. The van der Waals surface area contributed by atoms with Gasteiger partial charge < -0.3 is 25.3 Å². The van der Waals surface area contributed by atoms with Gasteiger partial charge in [-0.25, -0.2) is 23.7 Å². The number of aromatic amines is 1. The second kappa shape index (κ2) is 19.4. The van der Waals surface area contributed by atoms with Gasteiger partial charge in [0.2, 0.25) is 23.5 Å². The van der Waals surface area contributed by atoms with Crippen LogP contribution in [0.2, 0.25) is 0 Å². The predicted molar refractivity (Wildman–Crippen MR) is 238 cm³/mol.